The Balaban J connectivity index is 1.29. The number of amides is 1. The van der Waals surface area contributed by atoms with Crippen molar-refractivity contribution >= 4 is 23.2 Å². The summed E-state index contributed by atoms with van der Waals surface area (Å²) >= 11 is 6.27. The summed E-state index contributed by atoms with van der Waals surface area (Å²) in [5, 5.41) is 14.9. The third-order valence-electron chi connectivity index (χ3n) is 8.52. The molecule has 51 heavy (non-hydrogen) atoms. The number of nitrogens with one attached hydrogen (secondary N) is 1. The van der Waals surface area contributed by atoms with Crippen molar-refractivity contribution in [1.82, 2.24) is 44.3 Å². The minimum absolute atomic E-state index is 0.166. The SMILES string of the molecule is COc1cccc(-n2cc3c(n2)-c2ccnc(c2)[C@@H](n2cnc(-c4cc(Cl)ccc4-n4cc(C(F)(F)F)nn4)cc2=O)CCC[C@@H](C)C(=O)N3)n1. The zero-order valence-corrected chi connectivity index (χ0v) is 27.8. The largest absolute Gasteiger partial charge is 0.481 e. The van der Waals surface area contributed by atoms with Crippen molar-refractivity contribution in [3.05, 3.63) is 106 Å². The fourth-order valence-corrected chi connectivity index (χ4v) is 6.04. The van der Waals surface area contributed by atoms with E-state index in [4.69, 9.17) is 21.4 Å². The number of anilines is 1. The van der Waals surface area contributed by atoms with E-state index in [1.165, 1.54) is 42.3 Å². The van der Waals surface area contributed by atoms with Crippen LogP contribution in [0, 0.1) is 5.92 Å². The van der Waals surface area contributed by atoms with E-state index in [0.717, 1.165) is 10.9 Å². The molecule has 260 valence electrons. The van der Waals surface area contributed by atoms with Gasteiger partial charge in [-0.2, -0.15) is 23.3 Å². The molecule has 2 bridgehead atoms. The Kier molecular flexibility index (Phi) is 8.85. The highest BCUT2D eigenvalue weighted by atomic mass is 35.5. The zero-order chi connectivity index (χ0) is 35.9. The summed E-state index contributed by atoms with van der Waals surface area (Å²) in [6.45, 7) is 1.83. The van der Waals surface area contributed by atoms with Gasteiger partial charge in [0.15, 0.2) is 11.5 Å². The molecule has 17 heteroatoms. The zero-order valence-electron chi connectivity index (χ0n) is 27.0. The first-order valence-electron chi connectivity index (χ1n) is 15.7. The van der Waals surface area contributed by atoms with Crippen LogP contribution >= 0.6 is 11.6 Å². The summed E-state index contributed by atoms with van der Waals surface area (Å²) in [7, 11) is 1.52. The maximum Gasteiger partial charge on any atom is 0.436 e. The van der Waals surface area contributed by atoms with Crippen molar-refractivity contribution in [2.75, 3.05) is 12.4 Å². The second-order valence-electron chi connectivity index (χ2n) is 11.9. The molecule has 0 aliphatic carbocycles. The molecule has 1 amide bonds. The number of rotatable bonds is 5. The predicted molar refractivity (Wildman–Crippen MR) is 180 cm³/mol. The van der Waals surface area contributed by atoms with Crippen LogP contribution in [-0.4, -0.2) is 57.3 Å². The van der Waals surface area contributed by atoms with Crippen LogP contribution in [0.5, 0.6) is 5.88 Å². The Labute approximate surface area is 292 Å². The van der Waals surface area contributed by atoms with Gasteiger partial charge in [0.2, 0.25) is 11.8 Å². The number of methoxy groups -OCH3 is 1. The number of ether oxygens (including phenoxy) is 1. The molecular weight excluding hydrogens is 689 g/mol. The summed E-state index contributed by atoms with van der Waals surface area (Å²) in [6.07, 6.45) is 2.27. The number of fused-ring (bicyclic) bond motifs is 4. The van der Waals surface area contributed by atoms with Crippen LogP contribution in [0.4, 0.5) is 18.9 Å². The van der Waals surface area contributed by atoms with Gasteiger partial charge in [0.25, 0.3) is 5.56 Å². The molecule has 6 aromatic rings. The number of hydrogen-bond acceptors (Lipinski definition) is 9. The van der Waals surface area contributed by atoms with E-state index < -0.39 is 23.5 Å². The van der Waals surface area contributed by atoms with E-state index in [1.54, 1.807) is 41.3 Å². The van der Waals surface area contributed by atoms with Crippen molar-refractivity contribution in [2.24, 2.45) is 5.92 Å². The number of benzene rings is 1. The maximum absolute atomic E-state index is 13.9. The topological polar surface area (TPSA) is 148 Å². The van der Waals surface area contributed by atoms with E-state index in [0.29, 0.717) is 53.6 Å². The van der Waals surface area contributed by atoms with Gasteiger partial charge < -0.3 is 10.1 Å². The minimum atomic E-state index is -4.70. The Morgan fingerprint density at radius 2 is 1.84 bits per heavy atom. The van der Waals surface area contributed by atoms with Gasteiger partial charge in [0.1, 0.15) is 5.69 Å². The van der Waals surface area contributed by atoms with Crippen LogP contribution in [-0.2, 0) is 11.0 Å². The highest BCUT2D eigenvalue weighted by molar-refractivity contribution is 6.31. The number of carbonyl (C=O) groups is 1. The Morgan fingerprint density at radius 1 is 1.00 bits per heavy atom. The second-order valence-corrected chi connectivity index (χ2v) is 12.3. The molecular formula is C34H28ClF3N10O3. The lowest BCUT2D eigenvalue weighted by atomic mass is 9.97. The average Bonchev–Trinajstić information content (AvgIpc) is 3.79. The van der Waals surface area contributed by atoms with Crippen LogP contribution in [0.3, 0.4) is 0 Å². The van der Waals surface area contributed by atoms with Gasteiger partial charge in [-0.3, -0.25) is 19.1 Å². The van der Waals surface area contributed by atoms with E-state index in [9.17, 15) is 22.8 Å². The normalized spacial score (nSPS) is 16.5. The molecule has 6 heterocycles. The molecule has 13 nitrogen and oxygen atoms in total. The molecule has 0 fully saturated rings. The summed E-state index contributed by atoms with van der Waals surface area (Å²) < 4.78 is 49.1. The van der Waals surface area contributed by atoms with Crippen molar-refractivity contribution in [1.29, 1.82) is 0 Å². The highest BCUT2D eigenvalue weighted by Crippen LogP contribution is 2.34. The van der Waals surface area contributed by atoms with E-state index >= 15 is 0 Å². The van der Waals surface area contributed by atoms with Crippen molar-refractivity contribution in [2.45, 2.75) is 38.4 Å². The quantitative estimate of drug-likeness (QED) is 0.221. The van der Waals surface area contributed by atoms with E-state index in [2.05, 4.69) is 30.6 Å². The van der Waals surface area contributed by atoms with Crippen LogP contribution in [0.2, 0.25) is 5.02 Å². The first kappa shape index (κ1) is 33.6. The van der Waals surface area contributed by atoms with Gasteiger partial charge in [-0.05, 0) is 49.2 Å². The number of alkyl halides is 3. The first-order chi connectivity index (χ1) is 24.5. The smallest absolute Gasteiger partial charge is 0.436 e. The molecule has 1 aliphatic heterocycles. The average molecular weight is 717 g/mol. The van der Waals surface area contributed by atoms with Gasteiger partial charge in [-0.15, -0.1) is 5.10 Å². The summed E-state index contributed by atoms with van der Waals surface area (Å²) in [6, 6.07) is 14.0. The molecule has 0 spiro atoms. The van der Waals surface area contributed by atoms with Gasteiger partial charge >= 0.3 is 6.18 Å². The first-order valence-corrected chi connectivity index (χ1v) is 16.1. The van der Waals surface area contributed by atoms with Crippen molar-refractivity contribution < 1.29 is 22.7 Å². The minimum Gasteiger partial charge on any atom is -0.481 e. The molecule has 0 unspecified atom stereocenters. The molecule has 2 atom stereocenters. The van der Waals surface area contributed by atoms with Crippen molar-refractivity contribution in [3.8, 4) is 39.9 Å². The Hall–Kier alpha value is -5.90. The van der Waals surface area contributed by atoms with Gasteiger partial charge in [-0.25, -0.2) is 14.3 Å². The van der Waals surface area contributed by atoms with Crippen LogP contribution in [0.1, 0.15) is 43.6 Å². The standard InChI is InChI=1S/C34H28ClF3N10O3/c1-19-5-3-6-27(24-13-20(11-12-39-24)32-25(41-33(19)50)16-48(44-32)29-7-4-8-30(42-29)51-2)46-18-40-23(15-31(46)49)22-14-21(35)9-10-26(22)47-17-28(43-45-47)34(36,37)38/h4,7-19,27H,3,5-6H2,1-2H3,(H,41,50)/t19-,27+/m1/s1. The lowest BCUT2D eigenvalue weighted by Crippen LogP contribution is -2.27. The third-order valence-corrected chi connectivity index (χ3v) is 8.76. The molecule has 0 radical (unpaired) electrons. The third kappa shape index (κ3) is 6.81. The molecule has 5 aromatic heterocycles. The molecule has 0 saturated carbocycles. The molecule has 1 aromatic carbocycles. The van der Waals surface area contributed by atoms with Crippen molar-refractivity contribution in [3.63, 3.8) is 0 Å². The molecule has 7 rings (SSSR count). The van der Waals surface area contributed by atoms with Gasteiger partial charge in [0.05, 0.1) is 54.6 Å². The van der Waals surface area contributed by atoms with E-state index in [-0.39, 0.29) is 33.8 Å². The number of halogens is 4. The predicted octanol–water partition coefficient (Wildman–Crippen LogP) is 6.16. The van der Waals surface area contributed by atoms with Crippen LogP contribution < -0.4 is 15.6 Å². The van der Waals surface area contributed by atoms with Crippen LogP contribution in [0.25, 0.3) is 34.0 Å². The fraction of sp³-hybridized carbons (Fsp3) is 0.235. The molecule has 0 saturated heterocycles. The monoisotopic (exact) mass is 716 g/mol. The van der Waals surface area contributed by atoms with Gasteiger partial charge in [0, 0.05) is 40.4 Å². The number of nitrogens with zero attached hydrogens (tertiary/aromatic N) is 9. The summed E-state index contributed by atoms with van der Waals surface area (Å²) in [5.41, 5.74) is 1.17. The van der Waals surface area contributed by atoms with Crippen LogP contribution in [0.15, 0.2) is 84.3 Å². The Morgan fingerprint density at radius 3 is 2.61 bits per heavy atom. The van der Waals surface area contributed by atoms with Gasteiger partial charge in [-0.1, -0.05) is 36.2 Å². The molecule has 1 N–H and O–H groups in total. The summed E-state index contributed by atoms with van der Waals surface area (Å²) in [5.74, 6) is 0.326. The lowest BCUT2D eigenvalue weighted by molar-refractivity contribution is -0.141. The number of pyridine rings is 2. The fourth-order valence-electron chi connectivity index (χ4n) is 5.87. The summed E-state index contributed by atoms with van der Waals surface area (Å²) in [4.78, 5) is 40.8. The maximum atomic E-state index is 13.9. The lowest BCUT2D eigenvalue weighted by Gasteiger charge is -2.22. The highest BCUT2D eigenvalue weighted by Gasteiger charge is 2.35. The second kappa shape index (κ2) is 13.4. The number of carbonyl (C=O) groups excluding carboxylic acids is 1. The number of aromatic nitrogens is 9. The molecule has 1 aliphatic rings. The Bertz CT molecular complexity index is 2320. The van der Waals surface area contributed by atoms with E-state index in [1.807, 2.05) is 13.0 Å². The number of hydrogen-bond donors (Lipinski definition) is 1.